The number of anilines is 1. The number of rotatable bonds is 6. The van der Waals surface area contributed by atoms with Crippen molar-refractivity contribution in [1.29, 1.82) is 0 Å². The first-order chi connectivity index (χ1) is 13.4. The minimum absolute atomic E-state index is 0.0647. The molecule has 1 heterocycles. The third-order valence-corrected chi connectivity index (χ3v) is 6.31. The molecule has 28 heavy (non-hydrogen) atoms. The topological polar surface area (TPSA) is 69.7 Å². The van der Waals surface area contributed by atoms with Crippen molar-refractivity contribution >= 4 is 33.2 Å². The van der Waals surface area contributed by atoms with Crippen molar-refractivity contribution in [3.63, 3.8) is 0 Å². The largest absolute Gasteiger partial charge is 0.367 e. The quantitative estimate of drug-likeness (QED) is 0.731. The van der Waals surface area contributed by atoms with Crippen molar-refractivity contribution in [3.8, 4) is 0 Å². The molecule has 1 aliphatic heterocycles. The van der Waals surface area contributed by atoms with Crippen LogP contribution in [0, 0.1) is 0 Å². The van der Waals surface area contributed by atoms with Gasteiger partial charge in [-0.15, -0.1) is 6.58 Å². The smallest absolute Gasteiger partial charge is 0.254 e. The van der Waals surface area contributed by atoms with E-state index in [1.807, 2.05) is 24.3 Å². The maximum Gasteiger partial charge on any atom is 0.254 e. The molecular formula is C20H22ClN3O3S. The number of piperazine rings is 1. The highest BCUT2D eigenvalue weighted by molar-refractivity contribution is 7.89. The van der Waals surface area contributed by atoms with Crippen molar-refractivity contribution in [2.45, 2.75) is 4.90 Å². The molecule has 6 nitrogen and oxygen atoms in total. The molecule has 1 N–H and O–H groups in total. The normalized spacial score (nSPS) is 14.8. The number of para-hydroxylation sites is 1. The summed E-state index contributed by atoms with van der Waals surface area (Å²) in [7, 11) is -3.67. The molecule has 0 aromatic heterocycles. The Hall–Kier alpha value is -2.35. The van der Waals surface area contributed by atoms with Crippen LogP contribution in [-0.2, 0) is 10.0 Å². The predicted octanol–water partition coefficient (Wildman–Crippen LogP) is 2.77. The lowest BCUT2D eigenvalue weighted by Gasteiger charge is -2.36. The second kappa shape index (κ2) is 8.77. The van der Waals surface area contributed by atoms with Crippen LogP contribution in [0.25, 0.3) is 0 Å². The monoisotopic (exact) mass is 419 g/mol. The van der Waals surface area contributed by atoms with Gasteiger partial charge in [-0.25, -0.2) is 13.1 Å². The van der Waals surface area contributed by atoms with E-state index in [2.05, 4.69) is 16.2 Å². The van der Waals surface area contributed by atoms with Gasteiger partial charge in [-0.3, -0.25) is 4.79 Å². The number of benzene rings is 2. The third kappa shape index (κ3) is 4.55. The average Bonchev–Trinajstić information content (AvgIpc) is 2.72. The van der Waals surface area contributed by atoms with Crippen LogP contribution >= 0.6 is 11.6 Å². The van der Waals surface area contributed by atoms with Gasteiger partial charge in [-0.1, -0.05) is 35.9 Å². The molecule has 148 valence electrons. The molecule has 2 aromatic rings. The van der Waals surface area contributed by atoms with E-state index in [0.29, 0.717) is 36.8 Å². The summed E-state index contributed by atoms with van der Waals surface area (Å²) in [5, 5.41) is 0.687. The van der Waals surface area contributed by atoms with Crippen molar-refractivity contribution in [1.82, 2.24) is 9.62 Å². The van der Waals surface area contributed by atoms with Gasteiger partial charge in [0.25, 0.3) is 5.91 Å². The molecule has 0 atom stereocenters. The first-order valence-electron chi connectivity index (χ1n) is 8.92. The number of hydrogen-bond acceptors (Lipinski definition) is 4. The van der Waals surface area contributed by atoms with E-state index in [-0.39, 0.29) is 17.3 Å². The van der Waals surface area contributed by atoms with Crippen molar-refractivity contribution < 1.29 is 13.2 Å². The number of nitrogens with zero attached hydrogens (tertiary/aromatic N) is 2. The fourth-order valence-corrected chi connectivity index (χ4v) is 4.39. The Morgan fingerprint density at radius 1 is 1.11 bits per heavy atom. The Bertz CT molecular complexity index is 970. The number of halogens is 1. The Kier molecular flexibility index (Phi) is 6.39. The second-order valence-corrected chi connectivity index (χ2v) is 8.57. The van der Waals surface area contributed by atoms with Crippen LogP contribution in [0.4, 0.5) is 5.69 Å². The lowest BCUT2D eigenvalue weighted by molar-refractivity contribution is 0.0746. The van der Waals surface area contributed by atoms with E-state index in [4.69, 9.17) is 11.6 Å². The molecular weight excluding hydrogens is 398 g/mol. The zero-order valence-corrected chi connectivity index (χ0v) is 16.9. The summed E-state index contributed by atoms with van der Waals surface area (Å²) in [5.74, 6) is -0.181. The van der Waals surface area contributed by atoms with Crippen LogP contribution in [0.1, 0.15) is 10.4 Å². The Labute approximate surface area is 170 Å². The van der Waals surface area contributed by atoms with Gasteiger partial charge in [0.2, 0.25) is 10.0 Å². The number of hydrogen-bond donors (Lipinski definition) is 1. The Balaban J connectivity index is 1.70. The highest BCUT2D eigenvalue weighted by Gasteiger charge is 2.24. The van der Waals surface area contributed by atoms with E-state index in [1.165, 1.54) is 18.2 Å². The molecule has 0 bridgehead atoms. The summed E-state index contributed by atoms with van der Waals surface area (Å²) < 4.78 is 27.0. The SMILES string of the molecule is C=CCNS(=O)(=O)c1cccc(C(=O)N2CCN(c3ccccc3Cl)CC2)c1. The summed E-state index contributed by atoms with van der Waals surface area (Å²) in [5.41, 5.74) is 1.31. The standard InChI is InChI=1S/C20H22ClN3O3S/c1-2-10-22-28(26,27)17-7-5-6-16(15-17)20(25)24-13-11-23(12-14-24)19-9-4-3-8-18(19)21/h2-9,15,22H,1,10-14H2. The van der Waals surface area contributed by atoms with Gasteiger partial charge in [0.15, 0.2) is 0 Å². The molecule has 0 saturated carbocycles. The van der Waals surface area contributed by atoms with Crippen LogP contribution in [0.2, 0.25) is 5.02 Å². The average molecular weight is 420 g/mol. The van der Waals surface area contributed by atoms with Crippen molar-refractivity contribution in [2.24, 2.45) is 0 Å². The van der Waals surface area contributed by atoms with Crippen LogP contribution in [0.15, 0.2) is 66.1 Å². The fourth-order valence-electron chi connectivity index (χ4n) is 3.09. The molecule has 1 saturated heterocycles. The summed E-state index contributed by atoms with van der Waals surface area (Å²) >= 11 is 6.26. The van der Waals surface area contributed by atoms with E-state index in [1.54, 1.807) is 17.0 Å². The van der Waals surface area contributed by atoms with E-state index in [0.717, 1.165) is 5.69 Å². The summed E-state index contributed by atoms with van der Waals surface area (Å²) in [6.07, 6.45) is 1.46. The third-order valence-electron chi connectivity index (χ3n) is 4.57. The van der Waals surface area contributed by atoms with Gasteiger partial charge in [0.1, 0.15) is 0 Å². The summed E-state index contributed by atoms with van der Waals surface area (Å²) in [6.45, 7) is 6.02. The first kappa shape index (κ1) is 20.4. The highest BCUT2D eigenvalue weighted by atomic mass is 35.5. The summed E-state index contributed by atoms with van der Waals surface area (Å²) in [6, 6.07) is 13.7. The zero-order chi connectivity index (χ0) is 20.1. The molecule has 1 amide bonds. The molecule has 0 unspecified atom stereocenters. The first-order valence-corrected chi connectivity index (χ1v) is 10.8. The molecule has 2 aromatic carbocycles. The maximum atomic E-state index is 12.9. The van der Waals surface area contributed by atoms with Crippen molar-refractivity contribution in [3.05, 3.63) is 71.8 Å². The van der Waals surface area contributed by atoms with Gasteiger partial charge >= 0.3 is 0 Å². The van der Waals surface area contributed by atoms with E-state index < -0.39 is 10.0 Å². The minimum atomic E-state index is -3.67. The molecule has 0 radical (unpaired) electrons. The lowest BCUT2D eigenvalue weighted by Crippen LogP contribution is -2.48. The molecule has 3 rings (SSSR count). The Morgan fingerprint density at radius 2 is 1.82 bits per heavy atom. The van der Waals surface area contributed by atoms with Crippen LogP contribution in [-0.4, -0.2) is 51.9 Å². The van der Waals surface area contributed by atoms with Gasteiger partial charge in [-0.2, -0.15) is 0 Å². The maximum absolute atomic E-state index is 12.9. The zero-order valence-electron chi connectivity index (χ0n) is 15.3. The summed E-state index contributed by atoms with van der Waals surface area (Å²) in [4.78, 5) is 16.8. The molecule has 0 aliphatic carbocycles. The number of carbonyl (C=O) groups is 1. The van der Waals surface area contributed by atoms with Crippen LogP contribution in [0.3, 0.4) is 0 Å². The van der Waals surface area contributed by atoms with Crippen LogP contribution < -0.4 is 9.62 Å². The van der Waals surface area contributed by atoms with Gasteiger partial charge in [-0.05, 0) is 30.3 Å². The van der Waals surface area contributed by atoms with Gasteiger partial charge < -0.3 is 9.80 Å². The number of sulfonamides is 1. The van der Waals surface area contributed by atoms with E-state index in [9.17, 15) is 13.2 Å². The van der Waals surface area contributed by atoms with Gasteiger partial charge in [0.05, 0.1) is 15.6 Å². The number of nitrogens with one attached hydrogen (secondary N) is 1. The molecule has 8 heteroatoms. The molecule has 1 fully saturated rings. The number of carbonyl (C=O) groups excluding carboxylic acids is 1. The Morgan fingerprint density at radius 3 is 2.50 bits per heavy atom. The van der Waals surface area contributed by atoms with Crippen LogP contribution in [0.5, 0.6) is 0 Å². The van der Waals surface area contributed by atoms with Crippen molar-refractivity contribution in [2.75, 3.05) is 37.6 Å². The fraction of sp³-hybridized carbons (Fsp3) is 0.250. The minimum Gasteiger partial charge on any atom is -0.367 e. The molecule has 0 spiro atoms. The second-order valence-electron chi connectivity index (χ2n) is 6.40. The van der Waals surface area contributed by atoms with Gasteiger partial charge in [0, 0.05) is 38.3 Å². The highest BCUT2D eigenvalue weighted by Crippen LogP contribution is 2.26. The lowest BCUT2D eigenvalue weighted by atomic mass is 10.1. The number of amides is 1. The van der Waals surface area contributed by atoms with E-state index >= 15 is 0 Å². The predicted molar refractivity (Wildman–Crippen MR) is 111 cm³/mol. The molecule has 1 aliphatic rings.